The molecule has 0 radical (unpaired) electrons. The summed E-state index contributed by atoms with van der Waals surface area (Å²) in [7, 11) is 1.68. The molecule has 1 atom stereocenters. The van der Waals surface area contributed by atoms with Crippen LogP contribution in [-0.4, -0.2) is 58.3 Å². The number of nitrogens with one attached hydrogen (secondary N) is 3. The van der Waals surface area contributed by atoms with E-state index in [0.717, 1.165) is 30.9 Å². The molecule has 7 nitrogen and oxygen atoms in total. The van der Waals surface area contributed by atoms with Gasteiger partial charge in [0.1, 0.15) is 11.6 Å². The number of morpholine rings is 1. The van der Waals surface area contributed by atoms with Crippen molar-refractivity contribution in [3.05, 3.63) is 54.1 Å². The van der Waals surface area contributed by atoms with E-state index >= 15 is 0 Å². The van der Waals surface area contributed by atoms with Gasteiger partial charge in [0, 0.05) is 30.5 Å². The van der Waals surface area contributed by atoms with Gasteiger partial charge >= 0.3 is 0 Å². The molecule has 160 valence electrons. The molecule has 0 spiro atoms. The summed E-state index contributed by atoms with van der Waals surface area (Å²) < 4.78 is 31.9. The molecule has 3 rings (SSSR count). The Balaban J connectivity index is 1.45. The smallest absolute Gasteiger partial charge is 0.279 e. The first-order valence-corrected chi connectivity index (χ1v) is 9.69. The van der Waals surface area contributed by atoms with E-state index in [9.17, 15) is 18.4 Å². The zero-order valence-corrected chi connectivity index (χ0v) is 16.7. The van der Waals surface area contributed by atoms with E-state index in [4.69, 9.17) is 4.74 Å². The van der Waals surface area contributed by atoms with Crippen molar-refractivity contribution in [1.29, 1.82) is 0 Å². The van der Waals surface area contributed by atoms with E-state index in [-0.39, 0.29) is 24.7 Å². The zero-order chi connectivity index (χ0) is 21.5. The summed E-state index contributed by atoms with van der Waals surface area (Å²) in [6.45, 7) is 3.10. The number of amides is 2. The summed E-state index contributed by atoms with van der Waals surface area (Å²) >= 11 is 0. The fourth-order valence-corrected chi connectivity index (χ4v) is 3.18. The van der Waals surface area contributed by atoms with Crippen molar-refractivity contribution in [3.8, 4) is 0 Å². The van der Waals surface area contributed by atoms with E-state index in [2.05, 4.69) is 15.5 Å². The largest absolute Gasteiger partial charge is 0.378 e. The number of carbonyl (C=O) groups is 2. The number of carbonyl (C=O) groups excluding carboxylic acids is 2. The minimum absolute atomic E-state index is 0.0415. The van der Waals surface area contributed by atoms with E-state index in [1.165, 1.54) is 0 Å². The zero-order valence-electron chi connectivity index (χ0n) is 16.7. The van der Waals surface area contributed by atoms with Gasteiger partial charge in [-0.25, -0.2) is 8.78 Å². The van der Waals surface area contributed by atoms with Gasteiger partial charge in [0.15, 0.2) is 13.1 Å². The Morgan fingerprint density at radius 3 is 2.27 bits per heavy atom. The fraction of sp³-hybridized carbons (Fsp3) is 0.333. The van der Waals surface area contributed by atoms with Gasteiger partial charge in [0.2, 0.25) is 0 Å². The first-order chi connectivity index (χ1) is 14.4. The van der Waals surface area contributed by atoms with Gasteiger partial charge in [-0.05, 0) is 36.4 Å². The van der Waals surface area contributed by atoms with Gasteiger partial charge in [-0.15, -0.1) is 0 Å². The van der Waals surface area contributed by atoms with Crippen molar-refractivity contribution in [1.82, 2.24) is 0 Å². The van der Waals surface area contributed by atoms with Crippen LogP contribution in [0.5, 0.6) is 0 Å². The van der Waals surface area contributed by atoms with Crippen LogP contribution in [0.25, 0.3) is 0 Å². The average molecular weight is 419 g/mol. The first-order valence-electron chi connectivity index (χ1n) is 9.69. The Bertz CT molecular complexity index is 886. The van der Waals surface area contributed by atoms with Crippen LogP contribution in [0.15, 0.2) is 42.5 Å². The number of rotatable bonds is 7. The monoisotopic (exact) mass is 419 g/mol. The number of quaternary nitrogens is 1. The molecule has 0 aliphatic carbocycles. The third kappa shape index (κ3) is 6.23. The highest BCUT2D eigenvalue weighted by atomic mass is 19.1. The molecular formula is C21H25F2N4O3+. The van der Waals surface area contributed by atoms with Gasteiger partial charge in [-0.2, -0.15) is 0 Å². The van der Waals surface area contributed by atoms with Crippen molar-refractivity contribution < 1.29 is 28.0 Å². The number of hydrogen-bond acceptors (Lipinski definition) is 4. The summed E-state index contributed by atoms with van der Waals surface area (Å²) in [6.07, 6.45) is 0. The summed E-state index contributed by atoms with van der Waals surface area (Å²) in [4.78, 5) is 27.1. The lowest BCUT2D eigenvalue weighted by Gasteiger charge is -2.28. The molecule has 30 heavy (non-hydrogen) atoms. The van der Waals surface area contributed by atoms with E-state index in [1.807, 2.05) is 24.3 Å². The number of halogens is 2. The Morgan fingerprint density at radius 1 is 1.00 bits per heavy atom. The summed E-state index contributed by atoms with van der Waals surface area (Å²) in [5, 5.41) is 5.19. The van der Waals surface area contributed by atoms with Crippen molar-refractivity contribution in [2.75, 3.05) is 62.0 Å². The Morgan fingerprint density at radius 2 is 1.63 bits per heavy atom. The molecule has 1 aliphatic rings. The Kier molecular flexibility index (Phi) is 7.31. The Labute approximate surface area is 173 Å². The van der Waals surface area contributed by atoms with E-state index in [0.29, 0.717) is 29.9 Å². The number of hydrogen-bond donors (Lipinski definition) is 3. The number of likely N-dealkylation sites (N-methyl/N-ethyl adjacent to an activating group) is 1. The maximum absolute atomic E-state index is 13.6. The topological polar surface area (TPSA) is 75.1 Å². The summed E-state index contributed by atoms with van der Waals surface area (Å²) in [5.41, 5.74) is 1.64. The van der Waals surface area contributed by atoms with Crippen molar-refractivity contribution in [3.63, 3.8) is 0 Å². The first kappa shape index (κ1) is 21.7. The SMILES string of the molecule is C[NH+](CC(=O)Nc1ccc(N2CCOCC2)cc1)CC(=O)Nc1ccc(F)cc1F. The normalized spacial score (nSPS) is 14.8. The van der Waals surface area contributed by atoms with Crippen LogP contribution in [0.3, 0.4) is 0 Å². The minimum atomic E-state index is -0.848. The highest BCUT2D eigenvalue weighted by molar-refractivity contribution is 5.93. The molecule has 1 saturated heterocycles. The molecule has 3 N–H and O–H groups in total. The van der Waals surface area contributed by atoms with Gasteiger partial charge in [0.05, 0.1) is 25.9 Å². The molecule has 2 aromatic rings. The van der Waals surface area contributed by atoms with Crippen molar-refractivity contribution in [2.45, 2.75) is 0 Å². The summed E-state index contributed by atoms with van der Waals surface area (Å²) in [5.74, 6) is -2.28. The maximum atomic E-state index is 13.6. The fourth-order valence-electron chi connectivity index (χ4n) is 3.18. The molecule has 0 saturated carbocycles. The van der Waals surface area contributed by atoms with E-state index < -0.39 is 17.5 Å². The third-order valence-corrected chi connectivity index (χ3v) is 4.66. The molecule has 0 aromatic heterocycles. The molecule has 1 heterocycles. The second-order valence-electron chi connectivity index (χ2n) is 7.18. The minimum Gasteiger partial charge on any atom is -0.378 e. The third-order valence-electron chi connectivity index (χ3n) is 4.66. The van der Waals surface area contributed by atoms with Crippen LogP contribution in [-0.2, 0) is 14.3 Å². The predicted octanol–water partition coefficient (Wildman–Crippen LogP) is 0.893. The van der Waals surface area contributed by atoms with E-state index in [1.54, 1.807) is 7.05 Å². The number of benzene rings is 2. The second kappa shape index (κ2) is 10.1. The molecule has 1 aliphatic heterocycles. The average Bonchev–Trinajstić information content (AvgIpc) is 2.71. The number of anilines is 3. The van der Waals surface area contributed by atoms with Crippen LogP contribution in [0.2, 0.25) is 0 Å². The van der Waals surface area contributed by atoms with Crippen LogP contribution < -0.4 is 20.4 Å². The highest BCUT2D eigenvalue weighted by Crippen LogP contribution is 2.19. The molecule has 2 amide bonds. The van der Waals surface area contributed by atoms with Gasteiger partial charge in [-0.1, -0.05) is 0 Å². The predicted molar refractivity (Wildman–Crippen MR) is 110 cm³/mol. The summed E-state index contributed by atoms with van der Waals surface area (Å²) in [6, 6.07) is 10.5. The molecule has 9 heteroatoms. The van der Waals surface area contributed by atoms with Crippen molar-refractivity contribution in [2.24, 2.45) is 0 Å². The number of nitrogens with zero attached hydrogens (tertiary/aromatic N) is 1. The van der Waals surface area contributed by atoms with Gasteiger partial charge in [-0.3, -0.25) is 9.59 Å². The molecule has 1 fully saturated rings. The standard InChI is InChI=1S/C21H24F2N4O3/c1-26(14-21(29)25-19-7-2-15(22)12-18(19)23)13-20(28)24-16-3-5-17(6-4-16)27-8-10-30-11-9-27/h2-7,12H,8-11,13-14H2,1H3,(H,24,28)(H,25,29)/p+1. The lowest BCUT2D eigenvalue weighted by molar-refractivity contribution is -0.862. The Hall–Kier alpha value is -3.04. The highest BCUT2D eigenvalue weighted by Gasteiger charge is 2.16. The quantitative estimate of drug-likeness (QED) is 0.623. The second-order valence-corrected chi connectivity index (χ2v) is 7.18. The van der Waals surface area contributed by atoms with Crippen LogP contribution in [0.4, 0.5) is 25.8 Å². The number of ether oxygens (including phenoxy) is 1. The van der Waals surface area contributed by atoms with Crippen LogP contribution >= 0.6 is 0 Å². The van der Waals surface area contributed by atoms with Crippen LogP contribution in [0, 0.1) is 11.6 Å². The molecule has 1 unspecified atom stereocenters. The van der Waals surface area contributed by atoms with Crippen molar-refractivity contribution >= 4 is 28.9 Å². The lowest BCUT2D eigenvalue weighted by Crippen LogP contribution is -3.11. The van der Waals surface area contributed by atoms with Gasteiger partial charge in [0.25, 0.3) is 11.8 Å². The van der Waals surface area contributed by atoms with Gasteiger partial charge < -0.3 is 25.2 Å². The lowest BCUT2D eigenvalue weighted by atomic mass is 10.2. The molecule has 0 bridgehead atoms. The maximum Gasteiger partial charge on any atom is 0.279 e. The molecule has 2 aromatic carbocycles. The van der Waals surface area contributed by atoms with Crippen LogP contribution in [0.1, 0.15) is 0 Å². The molecular weight excluding hydrogens is 394 g/mol.